The zero-order valence-corrected chi connectivity index (χ0v) is 25.3. The van der Waals surface area contributed by atoms with Gasteiger partial charge in [-0.05, 0) is 46.3 Å². The first-order valence-electron chi connectivity index (χ1n) is 11.7. The molecule has 0 bridgehead atoms. The average Bonchev–Trinajstić information content (AvgIpc) is 3.07. The zero-order chi connectivity index (χ0) is 24.3. The SMILES string of the molecule is CCc1ccc2[cH-]c(CC(C)C)cc2c1-c1cc(C(C)(C)C)cc(C(C)(C)C)c1.[Cl][Zr][Cl]. The van der Waals surface area contributed by atoms with Crippen molar-refractivity contribution in [3.05, 3.63) is 64.7 Å². The fourth-order valence-electron chi connectivity index (χ4n) is 4.25. The monoisotopic (exact) mass is 547 g/mol. The van der Waals surface area contributed by atoms with Gasteiger partial charge in [-0.15, -0.1) is 34.5 Å². The van der Waals surface area contributed by atoms with E-state index in [2.05, 4.69) is 105 Å². The molecular formula is C29H39Cl2Zr-. The first-order valence-corrected chi connectivity index (χ1v) is 18.0. The Morgan fingerprint density at radius 2 is 1.41 bits per heavy atom. The normalized spacial score (nSPS) is 12.1. The summed E-state index contributed by atoms with van der Waals surface area (Å²) in [6.07, 6.45) is 2.20. The molecule has 0 aromatic heterocycles. The third kappa shape index (κ3) is 7.01. The van der Waals surface area contributed by atoms with Crippen molar-refractivity contribution in [1.82, 2.24) is 0 Å². The van der Waals surface area contributed by atoms with Crippen LogP contribution in [0, 0.1) is 5.92 Å². The number of halogens is 2. The van der Waals surface area contributed by atoms with Gasteiger partial charge in [-0.25, -0.2) is 0 Å². The summed E-state index contributed by atoms with van der Waals surface area (Å²) in [5.74, 6) is 0.678. The second-order valence-corrected chi connectivity index (χ2v) is 15.0. The van der Waals surface area contributed by atoms with Crippen LogP contribution in [0.1, 0.15) is 84.6 Å². The van der Waals surface area contributed by atoms with Gasteiger partial charge >= 0.3 is 37.9 Å². The maximum atomic E-state index is 4.93. The summed E-state index contributed by atoms with van der Waals surface area (Å²) >= 11 is -0.826. The molecule has 3 aromatic carbocycles. The first kappa shape index (κ1) is 27.8. The molecule has 3 rings (SSSR count). The Bertz CT molecular complexity index is 997. The molecule has 0 N–H and O–H groups in total. The molecule has 0 aliphatic rings. The van der Waals surface area contributed by atoms with Crippen molar-refractivity contribution < 1.29 is 20.8 Å². The molecule has 0 spiro atoms. The molecule has 0 aliphatic heterocycles. The van der Waals surface area contributed by atoms with Crippen LogP contribution >= 0.6 is 17.0 Å². The van der Waals surface area contributed by atoms with Crippen LogP contribution in [0.4, 0.5) is 0 Å². The molecule has 0 unspecified atom stereocenters. The first-order chi connectivity index (χ1) is 14.8. The van der Waals surface area contributed by atoms with Gasteiger partial charge in [0.2, 0.25) is 0 Å². The van der Waals surface area contributed by atoms with Gasteiger partial charge < -0.3 is 0 Å². The van der Waals surface area contributed by atoms with E-state index in [-0.39, 0.29) is 10.8 Å². The van der Waals surface area contributed by atoms with Crippen molar-refractivity contribution in [1.29, 1.82) is 0 Å². The van der Waals surface area contributed by atoms with Gasteiger partial charge in [-0.2, -0.15) is 6.07 Å². The second-order valence-electron chi connectivity index (χ2n) is 11.3. The Morgan fingerprint density at radius 3 is 1.84 bits per heavy atom. The molecule has 0 atom stereocenters. The number of fused-ring (bicyclic) bond motifs is 1. The molecule has 3 aromatic rings. The number of hydrogen-bond donors (Lipinski definition) is 0. The van der Waals surface area contributed by atoms with E-state index in [4.69, 9.17) is 17.0 Å². The van der Waals surface area contributed by atoms with Gasteiger partial charge in [0.15, 0.2) is 0 Å². The second kappa shape index (κ2) is 11.3. The summed E-state index contributed by atoms with van der Waals surface area (Å²) in [7, 11) is 9.87. The number of aryl methyl sites for hydroxylation is 1. The molecule has 0 aliphatic carbocycles. The fourth-order valence-corrected chi connectivity index (χ4v) is 4.25. The Hall–Kier alpha value is -0.487. The molecule has 0 saturated heterocycles. The molecule has 0 saturated carbocycles. The molecule has 3 heteroatoms. The Kier molecular flexibility index (Phi) is 9.79. The molecule has 0 radical (unpaired) electrons. The van der Waals surface area contributed by atoms with Crippen LogP contribution in [0.3, 0.4) is 0 Å². The van der Waals surface area contributed by atoms with E-state index in [1.807, 2.05) is 0 Å². The Labute approximate surface area is 215 Å². The number of hydrogen-bond acceptors (Lipinski definition) is 0. The van der Waals surface area contributed by atoms with E-state index in [1.54, 1.807) is 0 Å². The quantitative estimate of drug-likeness (QED) is 0.284. The molecule has 0 fully saturated rings. The fraction of sp³-hybridized carbons (Fsp3) is 0.483. The third-order valence-electron chi connectivity index (χ3n) is 6.01. The summed E-state index contributed by atoms with van der Waals surface area (Å²) in [5, 5.41) is 2.80. The van der Waals surface area contributed by atoms with Crippen LogP contribution in [-0.4, -0.2) is 0 Å². The van der Waals surface area contributed by atoms with Crippen LogP contribution in [0.25, 0.3) is 21.9 Å². The van der Waals surface area contributed by atoms with Crippen molar-refractivity contribution in [2.24, 2.45) is 5.92 Å². The van der Waals surface area contributed by atoms with Crippen LogP contribution < -0.4 is 0 Å². The topological polar surface area (TPSA) is 0 Å². The summed E-state index contributed by atoms with van der Waals surface area (Å²) < 4.78 is 0. The average molecular weight is 550 g/mol. The van der Waals surface area contributed by atoms with Gasteiger partial charge in [0.05, 0.1) is 0 Å². The maximum absolute atomic E-state index is 4.93. The van der Waals surface area contributed by atoms with Crippen LogP contribution in [0.15, 0.2) is 42.5 Å². The number of benzene rings is 2. The van der Waals surface area contributed by atoms with E-state index < -0.39 is 20.8 Å². The van der Waals surface area contributed by atoms with Crippen molar-refractivity contribution >= 4 is 27.8 Å². The van der Waals surface area contributed by atoms with Gasteiger partial charge in [-0.1, -0.05) is 91.6 Å². The minimum absolute atomic E-state index is 0.130. The van der Waals surface area contributed by atoms with Crippen molar-refractivity contribution in [2.75, 3.05) is 0 Å². The third-order valence-corrected chi connectivity index (χ3v) is 6.01. The summed E-state index contributed by atoms with van der Waals surface area (Å²) in [6, 6.07) is 16.8. The zero-order valence-electron chi connectivity index (χ0n) is 21.3. The Balaban J connectivity index is 0.00000114. The van der Waals surface area contributed by atoms with Gasteiger partial charge in [0.1, 0.15) is 0 Å². The molecule has 0 heterocycles. The van der Waals surface area contributed by atoms with Gasteiger partial charge in [0, 0.05) is 0 Å². The van der Waals surface area contributed by atoms with Crippen molar-refractivity contribution in [2.45, 2.75) is 86.0 Å². The molecule has 32 heavy (non-hydrogen) atoms. The predicted octanol–water partition coefficient (Wildman–Crippen LogP) is 9.96. The summed E-state index contributed by atoms with van der Waals surface area (Å²) in [4.78, 5) is 0. The molecule has 0 amide bonds. The Morgan fingerprint density at radius 1 is 0.875 bits per heavy atom. The summed E-state index contributed by atoms with van der Waals surface area (Å²) in [5.41, 5.74) is 8.84. The van der Waals surface area contributed by atoms with E-state index in [0.29, 0.717) is 5.92 Å². The van der Waals surface area contributed by atoms with Gasteiger partial charge in [-0.3, -0.25) is 0 Å². The van der Waals surface area contributed by atoms with Crippen molar-refractivity contribution in [3.63, 3.8) is 0 Å². The molecule has 174 valence electrons. The van der Waals surface area contributed by atoms with E-state index >= 15 is 0 Å². The van der Waals surface area contributed by atoms with Crippen LogP contribution in [0.5, 0.6) is 0 Å². The van der Waals surface area contributed by atoms with E-state index in [1.165, 1.54) is 44.2 Å². The minimum atomic E-state index is -0.826. The standard InChI is InChI=1S/C29H39.2ClH.Zr/c1-10-21-11-12-22-14-20(13-19(2)3)15-26(22)27(21)23-16-24(28(4,5)6)18-25(17-23)29(7,8)9;;;/h11-12,14-19H,10,13H2,1-9H3;2*1H;/q-1;;;+2/p-2. The van der Waals surface area contributed by atoms with E-state index in [9.17, 15) is 0 Å². The summed E-state index contributed by atoms with van der Waals surface area (Å²) in [6.45, 7) is 20.8. The van der Waals surface area contributed by atoms with Gasteiger partial charge in [0.25, 0.3) is 0 Å². The predicted molar refractivity (Wildman–Crippen MR) is 142 cm³/mol. The molecule has 0 nitrogen and oxygen atoms in total. The number of rotatable bonds is 4. The van der Waals surface area contributed by atoms with Crippen molar-refractivity contribution in [3.8, 4) is 11.1 Å². The molecular weight excluding hydrogens is 510 g/mol. The van der Waals surface area contributed by atoms with Crippen LogP contribution in [0.2, 0.25) is 0 Å². The van der Waals surface area contributed by atoms with Crippen LogP contribution in [-0.2, 0) is 44.5 Å². The van der Waals surface area contributed by atoms with E-state index in [0.717, 1.165) is 12.8 Å².